The molecule has 0 bridgehead atoms. The van der Waals surface area contributed by atoms with E-state index in [1.165, 1.54) is 0 Å². The average molecular weight is 248 g/mol. The molecule has 3 N–H and O–H groups in total. The lowest BCUT2D eigenvalue weighted by atomic mass is 10.3. The Labute approximate surface area is 107 Å². The Bertz CT molecular complexity index is 487. The molecule has 0 saturated heterocycles. The van der Waals surface area contributed by atoms with Gasteiger partial charge >= 0.3 is 0 Å². The van der Waals surface area contributed by atoms with Crippen LogP contribution in [-0.2, 0) is 13.0 Å². The summed E-state index contributed by atoms with van der Waals surface area (Å²) in [6.07, 6.45) is 3.56. The highest BCUT2D eigenvalue weighted by Crippen LogP contribution is 2.22. The fraction of sp³-hybridized carbons (Fsp3) is 0.462. The number of rotatable bonds is 6. The Hall–Kier alpha value is -1.91. The molecule has 5 nitrogen and oxygen atoms in total. The number of hydrogen-bond acceptors (Lipinski definition) is 4. The second-order valence-electron chi connectivity index (χ2n) is 4.33. The molecule has 2 heterocycles. The van der Waals surface area contributed by atoms with Crippen LogP contribution < -0.4 is 11.1 Å². The van der Waals surface area contributed by atoms with Crippen molar-refractivity contribution >= 4 is 11.5 Å². The molecule has 0 atom stereocenters. The van der Waals surface area contributed by atoms with Crippen LogP contribution >= 0.6 is 0 Å². The highest BCUT2D eigenvalue weighted by atomic mass is 16.3. The van der Waals surface area contributed by atoms with Gasteiger partial charge in [0.2, 0.25) is 0 Å². The third-order valence-corrected chi connectivity index (χ3v) is 2.85. The molecule has 98 valence electrons. The van der Waals surface area contributed by atoms with Crippen molar-refractivity contribution in [3.05, 3.63) is 29.9 Å². The van der Waals surface area contributed by atoms with E-state index in [-0.39, 0.29) is 0 Å². The van der Waals surface area contributed by atoms with Crippen LogP contribution in [0.4, 0.5) is 11.5 Å². The minimum absolute atomic E-state index is 0.739. The zero-order valence-corrected chi connectivity index (χ0v) is 10.9. The summed E-state index contributed by atoms with van der Waals surface area (Å²) in [4.78, 5) is 0. The summed E-state index contributed by atoms with van der Waals surface area (Å²) in [5.41, 5.74) is 7.64. The van der Waals surface area contributed by atoms with Gasteiger partial charge in [0.05, 0.1) is 17.6 Å². The highest BCUT2D eigenvalue weighted by molar-refractivity contribution is 5.64. The molecular weight excluding hydrogens is 228 g/mol. The third kappa shape index (κ3) is 2.67. The maximum absolute atomic E-state index is 6.02. The van der Waals surface area contributed by atoms with Crippen LogP contribution in [0.25, 0.3) is 0 Å². The molecule has 0 aromatic carbocycles. The Kier molecular flexibility index (Phi) is 3.92. The Morgan fingerprint density at radius 3 is 3.00 bits per heavy atom. The molecule has 18 heavy (non-hydrogen) atoms. The summed E-state index contributed by atoms with van der Waals surface area (Å²) < 4.78 is 7.23. The molecule has 0 saturated carbocycles. The quantitative estimate of drug-likeness (QED) is 0.823. The second-order valence-corrected chi connectivity index (χ2v) is 4.33. The lowest BCUT2D eigenvalue weighted by Gasteiger charge is -2.09. The van der Waals surface area contributed by atoms with Gasteiger partial charge in [0.25, 0.3) is 0 Å². The first-order valence-electron chi connectivity index (χ1n) is 6.31. The fourth-order valence-electron chi connectivity index (χ4n) is 1.91. The summed E-state index contributed by atoms with van der Waals surface area (Å²) in [6, 6.07) is 3.87. The largest absolute Gasteiger partial charge is 0.469 e. The molecule has 0 unspecified atom stereocenters. The number of nitrogen functional groups attached to an aromatic ring is 1. The van der Waals surface area contributed by atoms with Gasteiger partial charge in [-0.25, -0.2) is 4.68 Å². The lowest BCUT2D eigenvalue weighted by molar-refractivity contribution is 0.512. The summed E-state index contributed by atoms with van der Waals surface area (Å²) in [6.45, 7) is 5.72. The topological polar surface area (TPSA) is 69.0 Å². The molecule has 0 fully saturated rings. The number of hydrogen-bond donors (Lipinski definition) is 2. The van der Waals surface area contributed by atoms with Gasteiger partial charge in [-0.2, -0.15) is 5.10 Å². The van der Waals surface area contributed by atoms with Gasteiger partial charge in [-0.15, -0.1) is 0 Å². The van der Waals surface area contributed by atoms with Crippen LogP contribution in [0.2, 0.25) is 0 Å². The van der Waals surface area contributed by atoms with E-state index in [4.69, 9.17) is 10.2 Å². The third-order valence-electron chi connectivity index (χ3n) is 2.85. The molecule has 2 aromatic heterocycles. The van der Waals surface area contributed by atoms with Crippen LogP contribution in [-0.4, -0.2) is 16.3 Å². The molecular formula is C13H20N4O. The van der Waals surface area contributed by atoms with Crippen molar-refractivity contribution in [2.45, 2.75) is 33.2 Å². The average Bonchev–Trinajstić information content (AvgIpc) is 2.94. The minimum Gasteiger partial charge on any atom is -0.469 e. The minimum atomic E-state index is 0.739. The van der Waals surface area contributed by atoms with Crippen molar-refractivity contribution in [2.24, 2.45) is 0 Å². The maximum atomic E-state index is 6.02. The number of aromatic nitrogens is 2. The van der Waals surface area contributed by atoms with Crippen LogP contribution in [0, 0.1) is 6.92 Å². The zero-order chi connectivity index (χ0) is 13.0. The van der Waals surface area contributed by atoms with E-state index < -0.39 is 0 Å². The molecule has 0 amide bonds. The first-order valence-corrected chi connectivity index (χ1v) is 6.31. The van der Waals surface area contributed by atoms with Gasteiger partial charge in [0, 0.05) is 19.5 Å². The van der Waals surface area contributed by atoms with Crippen molar-refractivity contribution < 1.29 is 4.42 Å². The summed E-state index contributed by atoms with van der Waals surface area (Å²) >= 11 is 0. The molecule has 0 aliphatic carbocycles. The van der Waals surface area contributed by atoms with Crippen molar-refractivity contribution in [1.82, 2.24) is 9.78 Å². The SMILES string of the molecule is CCCn1nc(C)c(N)c1NCCc1ccco1. The smallest absolute Gasteiger partial charge is 0.148 e. The number of nitrogens with zero attached hydrogens (tertiary/aromatic N) is 2. The van der Waals surface area contributed by atoms with Gasteiger partial charge < -0.3 is 15.5 Å². The summed E-state index contributed by atoms with van der Waals surface area (Å²) in [5, 5.41) is 7.76. The monoisotopic (exact) mass is 248 g/mol. The van der Waals surface area contributed by atoms with E-state index in [1.54, 1.807) is 6.26 Å². The van der Waals surface area contributed by atoms with Gasteiger partial charge in [0.1, 0.15) is 11.6 Å². The van der Waals surface area contributed by atoms with Crippen LogP contribution in [0.5, 0.6) is 0 Å². The Morgan fingerprint density at radius 2 is 2.33 bits per heavy atom. The predicted molar refractivity (Wildman–Crippen MR) is 72.6 cm³/mol. The van der Waals surface area contributed by atoms with Gasteiger partial charge in [-0.05, 0) is 25.5 Å². The molecule has 0 spiro atoms. The Balaban J connectivity index is 1.99. The number of nitrogens with two attached hydrogens (primary N) is 1. The number of anilines is 2. The van der Waals surface area contributed by atoms with E-state index in [9.17, 15) is 0 Å². The van der Waals surface area contributed by atoms with Gasteiger partial charge in [-0.1, -0.05) is 6.92 Å². The van der Waals surface area contributed by atoms with Crippen molar-refractivity contribution in [3.63, 3.8) is 0 Å². The predicted octanol–water partition coefficient (Wildman–Crippen LogP) is 2.43. The standard InChI is InChI=1S/C13H20N4O/c1-3-8-17-13(12(14)10(2)16-17)15-7-6-11-5-4-9-18-11/h4-5,9,15H,3,6-8,14H2,1-2H3. The molecule has 0 aliphatic rings. The lowest BCUT2D eigenvalue weighted by Crippen LogP contribution is -2.11. The number of aryl methyl sites for hydroxylation is 2. The van der Waals surface area contributed by atoms with E-state index in [0.29, 0.717) is 0 Å². The van der Waals surface area contributed by atoms with Crippen molar-refractivity contribution in [2.75, 3.05) is 17.6 Å². The molecule has 2 aromatic rings. The van der Waals surface area contributed by atoms with Crippen LogP contribution in [0.15, 0.2) is 22.8 Å². The van der Waals surface area contributed by atoms with Crippen molar-refractivity contribution in [1.29, 1.82) is 0 Å². The molecule has 0 aliphatic heterocycles. The second kappa shape index (κ2) is 5.62. The first-order chi connectivity index (χ1) is 8.72. The van der Waals surface area contributed by atoms with Gasteiger partial charge in [-0.3, -0.25) is 0 Å². The summed E-state index contributed by atoms with van der Waals surface area (Å²) in [5.74, 6) is 1.89. The van der Waals surface area contributed by atoms with Crippen molar-refractivity contribution in [3.8, 4) is 0 Å². The van der Waals surface area contributed by atoms with E-state index in [0.717, 1.165) is 48.9 Å². The van der Waals surface area contributed by atoms with E-state index in [2.05, 4.69) is 17.3 Å². The zero-order valence-electron chi connectivity index (χ0n) is 10.9. The van der Waals surface area contributed by atoms with Crippen LogP contribution in [0.1, 0.15) is 24.8 Å². The molecule has 2 rings (SSSR count). The normalized spacial score (nSPS) is 10.8. The number of nitrogens with one attached hydrogen (secondary N) is 1. The van der Waals surface area contributed by atoms with Crippen LogP contribution in [0.3, 0.4) is 0 Å². The molecule has 5 heteroatoms. The van der Waals surface area contributed by atoms with Gasteiger partial charge in [0.15, 0.2) is 0 Å². The first kappa shape index (κ1) is 12.5. The maximum Gasteiger partial charge on any atom is 0.148 e. The number of furan rings is 1. The summed E-state index contributed by atoms with van der Waals surface area (Å²) in [7, 11) is 0. The fourth-order valence-corrected chi connectivity index (χ4v) is 1.91. The van der Waals surface area contributed by atoms with E-state index >= 15 is 0 Å². The van der Waals surface area contributed by atoms with E-state index in [1.807, 2.05) is 23.7 Å². The highest BCUT2D eigenvalue weighted by Gasteiger charge is 2.11. The Morgan fingerprint density at radius 1 is 1.50 bits per heavy atom. The molecule has 0 radical (unpaired) electrons.